The van der Waals surface area contributed by atoms with E-state index >= 15 is 0 Å². The largest absolute Gasteiger partial charge is 0.462 e. The Balaban J connectivity index is 2.81. The number of hydrogen-bond acceptors (Lipinski definition) is 3. The van der Waals surface area contributed by atoms with Gasteiger partial charge in [0.1, 0.15) is 0 Å². The molecule has 0 spiro atoms. The van der Waals surface area contributed by atoms with Crippen LogP contribution in [-0.4, -0.2) is 23.7 Å². The standard InChI is InChI=1S/C14H17BrO3/c1-2-18-14(17)12-8-4-3-7-11(12)13(16)9-5-6-10-15/h3-4,7-8H,2,5-6,9-10H2,1H3. The molecule has 0 bridgehead atoms. The normalized spacial score (nSPS) is 10.1. The van der Waals surface area contributed by atoms with Crippen molar-refractivity contribution in [3.05, 3.63) is 35.4 Å². The fourth-order valence-electron chi connectivity index (χ4n) is 1.63. The molecule has 0 aromatic heterocycles. The Morgan fingerprint density at radius 3 is 2.44 bits per heavy atom. The van der Waals surface area contributed by atoms with Crippen molar-refractivity contribution in [1.29, 1.82) is 0 Å². The number of ether oxygens (including phenoxy) is 1. The number of benzene rings is 1. The van der Waals surface area contributed by atoms with E-state index in [0.717, 1.165) is 18.2 Å². The lowest BCUT2D eigenvalue weighted by molar-refractivity contribution is 0.0523. The van der Waals surface area contributed by atoms with Crippen LogP contribution in [0.15, 0.2) is 24.3 Å². The van der Waals surface area contributed by atoms with Crippen molar-refractivity contribution >= 4 is 27.7 Å². The van der Waals surface area contributed by atoms with Crippen molar-refractivity contribution in [2.24, 2.45) is 0 Å². The second kappa shape index (κ2) is 8.03. The Hall–Kier alpha value is -1.16. The van der Waals surface area contributed by atoms with E-state index in [9.17, 15) is 9.59 Å². The molecule has 98 valence electrons. The van der Waals surface area contributed by atoms with Gasteiger partial charge in [0.25, 0.3) is 0 Å². The molecule has 0 aliphatic carbocycles. The number of esters is 1. The zero-order chi connectivity index (χ0) is 13.4. The number of ketones is 1. The minimum atomic E-state index is -0.429. The van der Waals surface area contributed by atoms with Gasteiger partial charge in [0.2, 0.25) is 0 Å². The highest BCUT2D eigenvalue weighted by atomic mass is 79.9. The van der Waals surface area contributed by atoms with Crippen LogP contribution in [0, 0.1) is 0 Å². The SMILES string of the molecule is CCOC(=O)c1ccccc1C(=O)CCCCBr. The molecule has 0 atom stereocenters. The van der Waals surface area contributed by atoms with Gasteiger partial charge in [0.15, 0.2) is 5.78 Å². The van der Waals surface area contributed by atoms with Gasteiger partial charge in [0, 0.05) is 17.3 Å². The maximum Gasteiger partial charge on any atom is 0.338 e. The third-order valence-corrected chi connectivity index (χ3v) is 3.07. The number of Topliss-reactive ketones (excluding diaryl/α,β-unsaturated/α-hetero) is 1. The Morgan fingerprint density at radius 2 is 1.83 bits per heavy atom. The van der Waals surface area contributed by atoms with Gasteiger partial charge in [-0.1, -0.05) is 34.1 Å². The van der Waals surface area contributed by atoms with Crippen LogP contribution >= 0.6 is 15.9 Å². The number of hydrogen-bond donors (Lipinski definition) is 0. The van der Waals surface area contributed by atoms with E-state index in [4.69, 9.17) is 4.74 Å². The number of alkyl halides is 1. The molecule has 0 aliphatic heterocycles. The summed E-state index contributed by atoms with van der Waals surface area (Å²) in [6, 6.07) is 6.82. The van der Waals surface area contributed by atoms with Gasteiger partial charge in [-0.05, 0) is 25.8 Å². The summed E-state index contributed by atoms with van der Waals surface area (Å²) < 4.78 is 4.95. The first-order valence-electron chi connectivity index (χ1n) is 6.06. The minimum absolute atomic E-state index is 0.000368. The highest BCUT2D eigenvalue weighted by Crippen LogP contribution is 2.14. The number of carbonyl (C=O) groups excluding carboxylic acids is 2. The molecule has 0 saturated carbocycles. The van der Waals surface area contributed by atoms with Crippen molar-refractivity contribution in [2.75, 3.05) is 11.9 Å². The summed E-state index contributed by atoms with van der Waals surface area (Å²) in [6.45, 7) is 2.06. The molecule has 0 heterocycles. The molecule has 0 aliphatic rings. The number of unbranched alkanes of at least 4 members (excludes halogenated alkanes) is 1. The van der Waals surface area contributed by atoms with E-state index in [1.165, 1.54) is 0 Å². The Kier molecular flexibility index (Phi) is 6.65. The summed E-state index contributed by atoms with van der Waals surface area (Å²) in [6.07, 6.45) is 2.23. The van der Waals surface area contributed by atoms with Crippen LogP contribution in [0.2, 0.25) is 0 Å². The van der Waals surface area contributed by atoms with Crippen molar-refractivity contribution < 1.29 is 14.3 Å². The lowest BCUT2D eigenvalue weighted by atomic mass is 10.00. The molecule has 0 amide bonds. The third-order valence-electron chi connectivity index (χ3n) is 2.51. The monoisotopic (exact) mass is 312 g/mol. The van der Waals surface area contributed by atoms with Crippen LogP contribution in [-0.2, 0) is 4.74 Å². The Labute approximate surface area is 116 Å². The van der Waals surface area contributed by atoms with E-state index in [1.54, 1.807) is 31.2 Å². The highest BCUT2D eigenvalue weighted by Gasteiger charge is 2.16. The number of halogens is 1. The van der Waals surface area contributed by atoms with E-state index in [0.29, 0.717) is 24.2 Å². The van der Waals surface area contributed by atoms with Gasteiger partial charge >= 0.3 is 5.97 Å². The summed E-state index contributed by atoms with van der Waals surface area (Å²) >= 11 is 3.33. The predicted octanol–water partition coefficient (Wildman–Crippen LogP) is 3.61. The highest BCUT2D eigenvalue weighted by molar-refractivity contribution is 9.09. The van der Waals surface area contributed by atoms with Crippen LogP contribution in [0.1, 0.15) is 46.9 Å². The zero-order valence-electron chi connectivity index (χ0n) is 10.4. The number of rotatable bonds is 7. The fraction of sp³-hybridized carbons (Fsp3) is 0.429. The maximum atomic E-state index is 12.0. The number of carbonyl (C=O) groups is 2. The first kappa shape index (κ1) is 14.9. The van der Waals surface area contributed by atoms with Gasteiger partial charge in [-0.2, -0.15) is 0 Å². The van der Waals surface area contributed by atoms with Crippen molar-refractivity contribution in [1.82, 2.24) is 0 Å². The summed E-state index contributed by atoms with van der Waals surface area (Å²) in [5.74, 6) is -0.429. The summed E-state index contributed by atoms with van der Waals surface area (Å²) in [5, 5.41) is 0.889. The molecule has 3 nitrogen and oxygen atoms in total. The molecule has 0 saturated heterocycles. The molecule has 0 unspecified atom stereocenters. The predicted molar refractivity (Wildman–Crippen MR) is 74.4 cm³/mol. The average Bonchev–Trinajstić information content (AvgIpc) is 2.39. The van der Waals surface area contributed by atoms with Crippen LogP contribution in [0.3, 0.4) is 0 Å². The van der Waals surface area contributed by atoms with Gasteiger partial charge < -0.3 is 4.74 Å². The van der Waals surface area contributed by atoms with E-state index in [2.05, 4.69) is 15.9 Å². The quantitative estimate of drug-likeness (QED) is 0.334. The topological polar surface area (TPSA) is 43.4 Å². The summed E-state index contributed by atoms with van der Waals surface area (Å²) in [7, 11) is 0. The van der Waals surface area contributed by atoms with Crippen LogP contribution < -0.4 is 0 Å². The average molecular weight is 313 g/mol. The van der Waals surface area contributed by atoms with Gasteiger partial charge in [-0.25, -0.2) is 4.79 Å². The Bertz CT molecular complexity index is 415. The second-order valence-electron chi connectivity index (χ2n) is 3.84. The van der Waals surface area contributed by atoms with Crippen molar-refractivity contribution in [3.63, 3.8) is 0 Å². The lowest BCUT2D eigenvalue weighted by Crippen LogP contribution is -2.11. The van der Waals surface area contributed by atoms with E-state index in [1.807, 2.05) is 0 Å². The van der Waals surface area contributed by atoms with Gasteiger partial charge in [-0.3, -0.25) is 4.79 Å². The smallest absolute Gasteiger partial charge is 0.338 e. The second-order valence-corrected chi connectivity index (χ2v) is 4.63. The molecular formula is C14H17BrO3. The Morgan fingerprint density at radius 1 is 1.17 bits per heavy atom. The van der Waals surface area contributed by atoms with Gasteiger partial charge in [0.05, 0.1) is 12.2 Å². The molecular weight excluding hydrogens is 296 g/mol. The molecule has 18 heavy (non-hydrogen) atoms. The fourth-order valence-corrected chi connectivity index (χ4v) is 2.02. The minimum Gasteiger partial charge on any atom is -0.462 e. The molecule has 1 rings (SSSR count). The van der Waals surface area contributed by atoms with Gasteiger partial charge in [-0.15, -0.1) is 0 Å². The summed E-state index contributed by atoms with van der Waals surface area (Å²) in [4.78, 5) is 23.7. The molecule has 4 heteroatoms. The van der Waals surface area contributed by atoms with Crippen LogP contribution in [0.25, 0.3) is 0 Å². The van der Waals surface area contributed by atoms with Crippen molar-refractivity contribution in [2.45, 2.75) is 26.2 Å². The first-order chi connectivity index (χ1) is 8.70. The lowest BCUT2D eigenvalue weighted by Gasteiger charge is -2.07. The molecule has 1 aromatic rings. The third kappa shape index (κ3) is 4.26. The molecule has 0 radical (unpaired) electrons. The van der Waals surface area contributed by atoms with Crippen LogP contribution in [0.5, 0.6) is 0 Å². The molecule has 1 aromatic carbocycles. The summed E-state index contributed by atoms with van der Waals surface area (Å²) in [5.41, 5.74) is 0.828. The van der Waals surface area contributed by atoms with E-state index in [-0.39, 0.29) is 5.78 Å². The van der Waals surface area contributed by atoms with Crippen molar-refractivity contribution in [3.8, 4) is 0 Å². The van der Waals surface area contributed by atoms with E-state index < -0.39 is 5.97 Å². The first-order valence-corrected chi connectivity index (χ1v) is 7.18. The molecule has 0 N–H and O–H groups in total. The molecule has 0 fully saturated rings. The van der Waals surface area contributed by atoms with Crippen LogP contribution in [0.4, 0.5) is 0 Å². The zero-order valence-corrected chi connectivity index (χ0v) is 12.0. The maximum absolute atomic E-state index is 12.0.